The number of hydrogen-bond acceptors (Lipinski definition) is 3. The van der Waals surface area contributed by atoms with E-state index in [9.17, 15) is 4.79 Å². The number of fused-ring (bicyclic) bond motifs is 7. The molecule has 0 aromatic rings. The zero-order valence-corrected chi connectivity index (χ0v) is 22.8. The van der Waals surface area contributed by atoms with E-state index in [0.29, 0.717) is 23.7 Å². The zero-order valence-electron chi connectivity index (χ0n) is 22.8. The number of nitrogens with one attached hydrogen (secondary N) is 1. The standard InChI is InChI=1S/C31H45NO2/c1-9-34-26-20(2)21-10-11-24-29(5,22(21)18-23(26)33)15-17-31(7)25-19-28(4,32-8)14-12-27(25,3)13-16-30(24,31)6/h10-11,18,25,32H,9,12-17,19H2,1-8H3/t25-,27-,28-,29+,30-,31+/m1/s1. The van der Waals surface area contributed by atoms with Crippen LogP contribution < -0.4 is 5.32 Å². The van der Waals surface area contributed by atoms with E-state index in [1.807, 2.05) is 13.0 Å². The Morgan fingerprint density at radius 1 is 1.00 bits per heavy atom. The van der Waals surface area contributed by atoms with Crippen LogP contribution >= 0.6 is 0 Å². The smallest absolute Gasteiger partial charge is 0.220 e. The predicted octanol–water partition coefficient (Wildman–Crippen LogP) is 7.06. The van der Waals surface area contributed by atoms with E-state index in [2.05, 4.69) is 66.1 Å². The fraction of sp³-hybridized carbons (Fsp3) is 0.710. The molecule has 34 heavy (non-hydrogen) atoms. The summed E-state index contributed by atoms with van der Waals surface area (Å²) in [7, 11) is 2.15. The highest BCUT2D eigenvalue weighted by Crippen LogP contribution is 2.75. The monoisotopic (exact) mass is 463 g/mol. The molecule has 6 atom stereocenters. The van der Waals surface area contributed by atoms with Crippen molar-refractivity contribution in [3.8, 4) is 0 Å². The van der Waals surface area contributed by atoms with Crippen molar-refractivity contribution < 1.29 is 9.53 Å². The third-order valence-electron chi connectivity index (χ3n) is 11.7. The molecule has 3 saturated carbocycles. The molecular formula is C31H45NO2. The van der Waals surface area contributed by atoms with Gasteiger partial charge in [-0.1, -0.05) is 45.4 Å². The molecule has 0 radical (unpaired) electrons. The van der Waals surface area contributed by atoms with Crippen LogP contribution in [0.3, 0.4) is 0 Å². The van der Waals surface area contributed by atoms with Gasteiger partial charge in [0.25, 0.3) is 0 Å². The summed E-state index contributed by atoms with van der Waals surface area (Å²) in [6.45, 7) is 17.2. The minimum Gasteiger partial charge on any atom is -0.489 e. The highest BCUT2D eigenvalue weighted by atomic mass is 16.5. The topological polar surface area (TPSA) is 38.3 Å². The van der Waals surface area contributed by atoms with Crippen molar-refractivity contribution in [2.24, 2.45) is 27.6 Å². The largest absolute Gasteiger partial charge is 0.489 e. The molecule has 0 heterocycles. The van der Waals surface area contributed by atoms with Gasteiger partial charge in [0, 0.05) is 16.5 Å². The zero-order chi connectivity index (χ0) is 24.7. The molecule has 3 nitrogen and oxygen atoms in total. The van der Waals surface area contributed by atoms with Crippen LogP contribution in [0.4, 0.5) is 0 Å². The maximum Gasteiger partial charge on any atom is 0.220 e. The molecule has 0 aromatic heterocycles. The van der Waals surface area contributed by atoms with Crippen LogP contribution in [-0.4, -0.2) is 25.0 Å². The van der Waals surface area contributed by atoms with E-state index in [4.69, 9.17) is 4.74 Å². The lowest BCUT2D eigenvalue weighted by atomic mass is 9.35. The Morgan fingerprint density at radius 2 is 1.71 bits per heavy atom. The summed E-state index contributed by atoms with van der Waals surface area (Å²) < 4.78 is 5.77. The van der Waals surface area contributed by atoms with E-state index in [0.717, 1.165) is 12.0 Å². The average molecular weight is 464 g/mol. The first-order chi connectivity index (χ1) is 15.9. The van der Waals surface area contributed by atoms with Gasteiger partial charge in [0.15, 0.2) is 5.76 Å². The number of allylic oxidation sites excluding steroid dienone is 7. The van der Waals surface area contributed by atoms with Gasteiger partial charge in [0.1, 0.15) is 0 Å². The summed E-state index contributed by atoms with van der Waals surface area (Å²) in [5.41, 5.74) is 6.00. The molecule has 5 aliphatic carbocycles. The molecule has 5 aliphatic rings. The predicted molar refractivity (Wildman–Crippen MR) is 139 cm³/mol. The first-order valence-corrected chi connectivity index (χ1v) is 13.6. The second-order valence-corrected chi connectivity index (χ2v) is 13.3. The highest BCUT2D eigenvalue weighted by Gasteiger charge is 2.66. The molecule has 0 saturated heterocycles. The molecule has 0 aromatic carbocycles. The molecule has 0 amide bonds. The van der Waals surface area contributed by atoms with Gasteiger partial charge in [0.2, 0.25) is 5.78 Å². The van der Waals surface area contributed by atoms with Crippen LogP contribution in [0.5, 0.6) is 0 Å². The van der Waals surface area contributed by atoms with E-state index in [1.165, 1.54) is 49.7 Å². The number of carbonyl (C=O) groups is 1. The Balaban J connectivity index is 1.62. The molecule has 0 unspecified atom stereocenters. The SMILES string of the molecule is CCOC1=C(C)C2=CC=C3[C@@](C)(CC[C@@]4(C)[C@@H]5C[C@](C)(NC)CC[C@]5(C)CC[C@]34C)C2=CC1=O. The van der Waals surface area contributed by atoms with Gasteiger partial charge in [-0.05, 0) is 112 Å². The Labute approximate surface area is 207 Å². The number of rotatable bonds is 3. The summed E-state index contributed by atoms with van der Waals surface area (Å²) >= 11 is 0. The van der Waals surface area contributed by atoms with Crippen LogP contribution in [0.2, 0.25) is 0 Å². The number of ketones is 1. The third-order valence-corrected chi connectivity index (χ3v) is 11.7. The van der Waals surface area contributed by atoms with Crippen molar-refractivity contribution >= 4 is 5.78 Å². The lowest BCUT2D eigenvalue weighted by Gasteiger charge is -2.70. The van der Waals surface area contributed by atoms with Gasteiger partial charge in [-0.25, -0.2) is 0 Å². The molecule has 5 rings (SSSR count). The second kappa shape index (κ2) is 7.45. The Bertz CT molecular complexity index is 1060. The highest BCUT2D eigenvalue weighted by molar-refractivity contribution is 6.07. The lowest BCUT2D eigenvalue weighted by Crippen LogP contribution is -2.63. The average Bonchev–Trinajstić information content (AvgIpc) is 2.80. The van der Waals surface area contributed by atoms with E-state index in [-0.39, 0.29) is 27.6 Å². The van der Waals surface area contributed by atoms with Crippen LogP contribution in [0, 0.1) is 27.6 Å². The van der Waals surface area contributed by atoms with Crippen molar-refractivity contribution in [2.75, 3.05) is 13.7 Å². The normalized spacial score (nSPS) is 45.8. The van der Waals surface area contributed by atoms with E-state index in [1.54, 1.807) is 5.57 Å². The lowest BCUT2D eigenvalue weighted by molar-refractivity contribution is -0.153. The summed E-state index contributed by atoms with van der Waals surface area (Å²) in [5.74, 6) is 1.28. The van der Waals surface area contributed by atoms with Crippen LogP contribution in [-0.2, 0) is 9.53 Å². The van der Waals surface area contributed by atoms with Gasteiger partial charge in [0.05, 0.1) is 6.61 Å². The fourth-order valence-corrected chi connectivity index (χ4v) is 9.00. The van der Waals surface area contributed by atoms with Gasteiger partial charge in [-0.3, -0.25) is 4.79 Å². The van der Waals surface area contributed by atoms with Crippen LogP contribution in [0.25, 0.3) is 0 Å². The summed E-state index contributed by atoms with van der Waals surface area (Å²) in [4.78, 5) is 13.1. The van der Waals surface area contributed by atoms with Crippen molar-refractivity contribution in [3.63, 3.8) is 0 Å². The van der Waals surface area contributed by atoms with E-state index < -0.39 is 0 Å². The Morgan fingerprint density at radius 3 is 2.38 bits per heavy atom. The van der Waals surface area contributed by atoms with Crippen molar-refractivity contribution in [1.29, 1.82) is 0 Å². The van der Waals surface area contributed by atoms with Gasteiger partial charge >= 0.3 is 0 Å². The first-order valence-electron chi connectivity index (χ1n) is 13.6. The van der Waals surface area contributed by atoms with Gasteiger partial charge in [-0.15, -0.1) is 0 Å². The minimum atomic E-state index is -0.0816. The summed E-state index contributed by atoms with van der Waals surface area (Å²) in [6, 6.07) is 0. The van der Waals surface area contributed by atoms with Gasteiger partial charge in [-0.2, -0.15) is 0 Å². The maximum atomic E-state index is 13.1. The summed E-state index contributed by atoms with van der Waals surface area (Å²) in [6.07, 6.45) is 15.4. The maximum absolute atomic E-state index is 13.1. The Hall–Kier alpha value is -1.61. The summed E-state index contributed by atoms with van der Waals surface area (Å²) in [5, 5.41) is 3.69. The molecule has 0 aliphatic heterocycles. The van der Waals surface area contributed by atoms with Crippen molar-refractivity contribution in [1.82, 2.24) is 5.32 Å². The van der Waals surface area contributed by atoms with Crippen LogP contribution in [0.1, 0.15) is 93.4 Å². The van der Waals surface area contributed by atoms with Gasteiger partial charge < -0.3 is 10.1 Å². The molecule has 0 bridgehead atoms. The van der Waals surface area contributed by atoms with Crippen molar-refractivity contribution in [2.45, 2.75) is 99.0 Å². The molecule has 0 spiro atoms. The van der Waals surface area contributed by atoms with Crippen molar-refractivity contribution in [3.05, 3.63) is 46.3 Å². The van der Waals surface area contributed by atoms with Crippen LogP contribution in [0.15, 0.2) is 46.3 Å². The second-order valence-electron chi connectivity index (χ2n) is 13.3. The number of ether oxygens (including phenoxy) is 1. The Kier molecular flexibility index (Phi) is 5.28. The fourth-order valence-electron chi connectivity index (χ4n) is 9.00. The molecule has 1 N–H and O–H groups in total. The number of carbonyl (C=O) groups excluding carboxylic acids is 1. The third kappa shape index (κ3) is 2.95. The quantitative estimate of drug-likeness (QED) is 0.487. The van der Waals surface area contributed by atoms with E-state index >= 15 is 0 Å². The number of hydrogen-bond donors (Lipinski definition) is 1. The molecule has 3 fully saturated rings. The minimum absolute atomic E-state index is 0.0424. The molecular weight excluding hydrogens is 418 g/mol. The molecule has 186 valence electrons. The first kappa shape index (κ1) is 24.1. The molecule has 3 heteroatoms.